The number of carbonyl (C=O) groups is 4. The summed E-state index contributed by atoms with van der Waals surface area (Å²) < 4.78 is 9.98. The van der Waals surface area contributed by atoms with Gasteiger partial charge in [-0.05, 0) is 12.1 Å². The van der Waals surface area contributed by atoms with Gasteiger partial charge in [0.2, 0.25) is 0 Å². The first kappa shape index (κ1) is 19.5. The minimum Gasteiger partial charge on any atom is -0.484 e. The van der Waals surface area contributed by atoms with Gasteiger partial charge in [0.05, 0.1) is 0 Å². The van der Waals surface area contributed by atoms with Gasteiger partial charge in [-0.3, -0.25) is 14.5 Å². The van der Waals surface area contributed by atoms with Crippen LogP contribution in [0.3, 0.4) is 0 Å². The highest BCUT2D eigenvalue weighted by molar-refractivity contribution is 8.00. The lowest BCUT2D eigenvalue weighted by molar-refractivity contribution is -0.151. The van der Waals surface area contributed by atoms with Crippen LogP contribution in [0, 0.1) is 0 Å². The van der Waals surface area contributed by atoms with Crippen LogP contribution in [-0.4, -0.2) is 64.3 Å². The van der Waals surface area contributed by atoms with Crippen LogP contribution in [0.2, 0.25) is 0 Å². The van der Waals surface area contributed by atoms with Crippen molar-refractivity contribution in [1.29, 1.82) is 0 Å². The lowest BCUT2D eigenvalue weighted by Crippen LogP contribution is -2.71. The number of para-hydroxylation sites is 1. The van der Waals surface area contributed by atoms with E-state index in [0.717, 1.165) is 4.90 Å². The number of fused-ring (bicyclic) bond motifs is 1. The molecule has 0 bridgehead atoms. The van der Waals surface area contributed by atoms with Crippen molar-refractivity contribution in [1.82, 2.24) is 10.2 Å². The second-order valence-corrected chi connectivity index (χ2v) is 7.03. The van der Waals surface area contributed by atoms with Crippen molar-refractivity contribution < 1.29 is 33.8 Å². The van der Waals surface area contributed by atoms with E-state index in [0.29, 0.717) is 5.75 Å². The molecule has 2 aliphatic heterocycles. The number of aliphatic carboxylic acids is 1. The Bertz CT molecular complexity index is 842. The lowest BCUT2D eigenvalue weighted by atomic mass is 10.0. The van der Waals surface area contributed by atoms with Crippen LogP contribution in [0.15, 0.2) is 41.6 Å². The van der Waals surface area contributed by atoms with Crippen LogP contribution in [0.4, 0.5) is 4.79 Å². The van der Waals surface area contributed by atoms with Gasteiger partial charge in [-0.1, -0.05) is 18.2 Å². The largest absolute Gasteiger partial charge is 0.484 e. The molecule has 10 nitrogen and oxygen atoms in total. The number of carbonyl (C=O) groups excluding carboxylic acids is 3. The molecule has 3 rings (SSSR count). The number of hydrogen-bond acceptors (Lipinski definition) is 7. The predicted octanol–water partition coefficient (Wildman–Crippen LogP) is -0.101. The van der Waals surface area contributed by atoms with E-state index in [1.807, 2.05) is 6.07 Å². The van der Waals surface area contributed by atoms with E-state index < -0.39 is 35.3 Å². The smallest absolute Gasteiger partial charge is 0.404 e. The molecule has 1 aromatic rings. The summed E-state index contributed by atoms with van der Waals surface area (Å²) in [6.07, 6.45) is -1.04. The van der Waals surface area contributed by atoms with Gasteiger partial charge in [0.25, 0.3) is 11.8 Å². The number of ether oxygens (including phenoxy) is 2. The highest BCUT2D eigenvalue weighted by Crippen LogP contribution is 2.40. The number of carboxylic acid groups (broad SMARTS) is 1. The quantitative estimate of drug-likeness (QED) is 0.531. The van der Waals surface area contributed by atoms with Crippen LogP contribution in [0.5, 0.6) is 5.75 Å². The summed E-state index contributed by atoms with van der Waals surface area (Å²) in [5.41, 5.74) is 4.92. The third-order valence-electron chi connectivity index (χ3n) is 4.07. The Morgan fingerprint density at radius 2 is 2.00 bits per heavy atom. The van der Waals surface area contributed by atoms with Crippen LogP contribution in [-0.2, 0) is 19.1 Å². The van der Waals surface area contributed by atoms with Crippen LogP contribution in [0.1, 0.15) is 0 Å². The van der Waals surface area contributed by atoms with Gasteiger partial charge in [0, 0.05) is 11.3 Å². The summed E-state index contributed by atoms with van der Waals surface area (Å²) in [6, 6.07) is 7.87. The van der Waals surface area contributed by atoms with E-state index in [-0.39, 0.29) is 30.2 Å². The first-order valence-electron chi connectivity index (χ1n) is 8.18. The monoisotopic (exact) mass is 407 g/mol. The van der Waals surface area contributed by atoms with Gasteiger partial charge in [-0.25, -0.2) is 9.59 Å². The van der Waals surface area contributed by atoms with E-state index in [9.17, 15) is 24.3 Å². The molecule has 0 aliphatic carbocycles. The zero-order valence-electron chi connectivity index (χ0n) is 14.5. The van der Waals surface area contributed by atoms with Crippen molar-refractivity contribution in [3.8, 4) is 5.75 Å². The molecule has 148 valence electrons. The van der Waals surface area contributed by atoms with Crippen LogP contribution in [0.25, 0.3) is 0 Å². The molecule has 4 N–H and O–H groups in total. The number of hydrogen-bond donors (Lipinski definition) is 3. The number of nitrogens with zero attached hydrogens (tertiary/aromatic N) is 1. The molecule has 2 heterocycles. The summed E-state index contributed by atoms with van der Waals surface area (Å²) in [4.78, 5) is 48.0. The summed E-state index contributed by atoms with van der Waals surface area (Å²) in [7, 11) is 0. The van der Waals surface area contributed by atoms with Crippen molar-refractivity contribution >= 4 is 35.6 Å². The zero-order valence-corrected chi connectivity index (χ0v) is 15.3. The minimum absolute atomic E-state index is 0.218. The first-order chi connectivity index (χ1) is 13.4. The summed E-state index contributed by atoms with van der Waals surface area (Å²) in [5.74, 6) is -1.64. The average Bonchev–Trinajstić information content (AvgIpc) is 2.68. The number of amides is 3. The fourth-order valence-electron chi connectivity index (χ4n) is 2.83. The minimum atomic E-state index is -1.32. The SMILES string of the molecule is NC(=O)OCC1=C(C(=O)O)N2C(=O)C(NC(=O)COc3ccccc3)[C@H]2SC1. The Morgan fingerprint density at radius 3 is 2.64 bits per heavy atom. The summed E-state index contributed by atoms with van der Waals surface area (Å²) in [6.45, 7) is -0.590. The highest BCUT2D eigenvalue weighted by atomic mass is 32.2. The normalized spacial score (nSPS) is 20.7. The number of nitrogens with one attached hydrogen (secondary N) is 1. The van der Waals surface area contributed by atoms with Crippen LogP contribution < -0.4 is 15.8 Å². The number of carboxylic acids is 1. The molecule has 3 amide bonds. The summed E-state index contributed by atoms with van der Waals surface area (Å²) >= 11 is 1.26. The fraction of sp³-hybridized carbons (Fsp3) is 0.294. The Hall–Kier alpha value is -3.21. The molecular formula is C17H17N3O7S. The van der Waals surface area contributed by atoms with Gasteiger partial charge in [-0.15, -0.1) is 11.8 Å². The predicted molar refractivity (Wildman–Crippen MR) is 97.2 cm³/mol. The Balaban J connectivity index is 1.62. The van der Waals surface area contributed by atoms with E-state index >= 15 is 0 Å². The van der Waals surface area contributed by atoms with Crippen LogP contribution >= 0.6 is 11.8 Å². The maximum absolute atomic E-state index is 12.4. The standard InChI is InChI=1S/C17H17N3O7S/c18-17(25)27-6-9-8-28-15-12(14(22)20(15)13(9)16(23)24)19-11(21)7-26-10-4-2-1-3-5-10/h1-5,12,15H,6-8H2,(H2,18,25)(H,19,21)(H,23,24)/t12?,15-/m1/s1. The molecule has 0 radical (unpaired) electrons. The van der Waals surface area contributed by atoms with E-state index in [2.05, 4.69) is 10.1 Å². The van der Waals surface area contributed by atoms with Gasteiger partial charge in [-0.2, -0.15) is 0 Å². The number of primary amides is 1. The fourth-order valence-corrected chi connectivity index (χ4v) is 4.16. The lowest BCUT2D eigenvalue weighted by Gasteiger charge is -2.49. The van der Waals surface area contributed by atoms with Crippen molar-refractivity contribution in [2.75, 3.05) is 19.0 Å². The molecule has 1 saturated heterocycles. The third kappa shape index (κ3) is 4.03. The number of thioether (sulfide) groups is 1. The van der Waals surface area contributed by atoms with Gasteiger partial charge >= 0.3 is 12.1 Å². The van der Waals surface area contributed by atoms with Gasteiger partial charge in [0.15, 0.2) is 6.61 Å². The number of rotatable bonds is 7. The molecule has 28 heavy (non-hydrogen) atoms. The van der Waals surface area contributed by atoms with E-state index in [1.54, 1.807) is 24.3 Å². The Morgan fingerprint density at radius 1 is 1.29 bits per heavy atom. The molecule has 0 saturated carbocycles. The molecule has 0 aromatic heterocycles. The Kier molecular flexibility index (Phi) is 5.73. The third-order valence-corrected chi connectivity index (χ3v) is 5.41. The second kappa shape index (κ2) is 8.21. The molecule has 2 aliphatic rings. The Labute approximate surface area is 163 Å². The molecule has 1 unspecified atom stereocenters. The van der Waals surface area contributed by atoms with Crippen molar-refractivity contribution in [3.63, 3.8) is 0 Å². The zero-order chi connectivity index (χ0) is 20.3. The molecule has 11 heteroatoms. The second-order valence-electron chi connectivity index (χ2n) is 5.92. The van der Waals surface area contributed by atoms with E-state index in [1.165, 1.54) is 11.8 Å². The maximum Gasteiger partial charge on any atom is 0.404 e. The number of β-lactam (4-membered cyclic amide) rings is 1. The molecule has 2 atom stereocenters. The molecule has 0 spiro atoms. The molecule has 1 fully saturated rings. The molecule has 1 aromatic carbocycles. The van der Waals surface area contributed by atoms with Gasteiger partial charge in [0.1, 0.15) is 29.5 Å². The highest BCUT2D eigenvalue weighted by Gasteiger charge is 2.54. The summed E-state index contributed by atoms with van der Waals surface area (Å²) in [5, 5.41) is 11.5. The molecular weight excluding hydrogens is 390 g/mol. The number of nitrogens with two attached hydrogens (primary N) is 1. The first-order valence-corrected chi connectivity index (χ1v) is 9.22. The number of benzene rings is 1. The van der Waals surface area contributed by atoms with Crippen molar-refractivity contribution in [2.24, 2.45) is 5.73 Å². The van der Waals surface area contributed by atoms with E-state index in [4.69, 9.17) is 10.5 Å². The maximum atomic E-state index is 12.4. The average molecular weight is 407 g/mol. The van der Waals surface area contributed by atoms with Crippen molar-refractivity contribution in [2.45, 2.75) is 11.4 Å². The topological polar surface area (TPSA) is 148 Å². The van der Waals surface area contributed by atoms with Gasteiger partial charge < -0.3 is 25.6 Å². The van der Waals surface area contributed by atoms with Crippen molar-refractivity contribution in [3.05, 3.63) is 41.6 Å².